The quantitative estimate of drug-likeness (QED) is 0.776. The summed E-state index contributed by atoms with van der Waals surface area (Å²) in [4.78, 5) is 12.2. The molecule has 0 amide bonds. The van der Waals surface area contributed by atoms with Gasteiger partial charge in [-0.2, -0.15) is 0 Å². The van der Waals surface area contributed by atoms with Crippen LogP contribution in [0.4, 0.5) is 0 Å². The molecule has 1 aliphatic rings. The molecular formula is C16H22O4. The van der Waals surface area contributed by atoms with Crippen LogP contribution in [0.1, 0.15) is 42.1 Å². The van der Waals surface area contributed by atoms with Crippen LogP contribution >= 0.6 is 0 Å². The van der Waals surface area contributed by atoms with Crippen molar-refractivity contribution in [2.75, 3.05) is 13.7 Å². The van der Waals surface area contributed by atoms with Crippen LogP contribution < -0.4 is 4.74 Å². The third-order valence-electron chi connectivity index (χ3n) is 3.66. The van der Waals surface area contributed by atoms with E-state index >= 15 is 0 Å². The zero-order valence-corrected chi connectivity index (χ0v) is 12.3. The molecule has 0 unspecified atom stereocenters. The van der Waals surface area contributed by atoms with Gasteiger partial charge in [-0.15, -0.1) is 0 Å². The van der Waals surface area contributed by atoms with E-state index in [1.807, 2.05) is 26.0 Å². The molecule has 1 aromatic rings. The molecule has 0 aliphatic heterocycles. The van der Waals surface area contributed by atoms with Gasteiger partial charge >= 0.3 is 5.97 Å². The normalized spacial score (nSPS) is 21.8. The van der Waals surface area contributed by atoms with Crippen LogP contribution in [0.5, 0.6) is 5.75 Å². The van der Waals surface area contributed by atoms with E-state index in [0.29, 0.717) is 12.2 Å². The van der Waals surface area contributed by atoms with Gasteiger partial charge in [0.2, 0.25) is 0 Å². The third kappa shape index (κ3) is 3.31. The summed E-state index contributed by atoms with van der Waals surface area (Å²) in [6, 6.07) is 5.37. The van der Waals surface area contributed by atoms with Crippen molar-refractivity contribution < 1.29 is 19.0 Å². The summed E-state index contributed by atoms with van der Waals surface area (Å²) < 4.78 is 16.4. The Kier molecular flexibility index (Phi) is 5.01. The van der Waals surface area contributed by atoms with Gasteiger partial charge in [0.15, 0.2) is 0 Å². The summed E-state index contributed by atoms with van der Waals surface area (Å²) in [5.41, 5.74) is 1.50. The number of carbonyl (C=O) groups excluding carboxylic acids is 1. The largest absolute Gasteiger partial charge is 0.494 e. The number of methoxy groups -OCH3 is 1. The van der Waals surface area contributed by atoms with Crippen molar-refractivity contribution in [2.24, 2.45) is 0 Å². The lowest BCUT2D eigenvalue weighted by molar-refractivity contribution is -0.0206. The smallest absolute Gasteiger partial charge is 0.338 e. The van der Waals surface area contributed by atoms with Gasteiger partial charge in [0, 0.05) is 7.11 Å². The SMILES string of the molecule is CCOc1ccc(C(=O)O[C@H]2CCC[C@@H]2OC)cc1C. The van der Waals surface area contributed by atoms with Crippen molar-refractivity contribution in [2.45, 2.75) is 45.3 Å². The molecule has 4 nitrogen and oxygen atoms in total. The summed E-state index contributed by atoms with van der Waals surface area (Å²) in [6.07, 6.45) is 2.78. The summed E-state index contributed by atoms with van der Waals surface area (Å²) in [5.74, 6) is 0.518. The molecule has 0 radical (unpaired) electrons. The Morgan fingerprint density at radius 2 is 2.05 bits per heavy atom. The molecule has 20 heavy (non-hydrogen) atoms. The lowest BCUT2D eigenvalue weighted by Crippen LogP contribution is -2.27. The highest BCUT2D eigenvalue weighted by molar-refractivity contribution is 5.90. The Hall–Kier alpha value is -1.55. The van der Waals surface area contributed by atoms with E-state index in [1.165, 1.54) is 0 Å². The van der Waals surface area contributed by atoms with Gasteiger partial charge in [-0.1, -0.05) is 0 Å². The molecule has 0 bridgehead atoms. The monoisotopic (exact) mass is 278 g/mol. The topological polar surface area (TPSA) is 44.8 Å². The second-order valence-electron chi connectivity index (χ2n) is 5.06. The van der Waals surface area contributed by atoms with Crippen molar-refractivity contribution in [3.63, 3.8) is 0 Å². The van der Waals surface area contributed by atoms with Crippen LogP contribution in [-0.4, -0.2) is 31.9 Å². The number of rotatable bonds is 5. The summed E-state index contributed by atoms with van der Waals surface area (Å²) >= 11 is 0. The Labute approximate surface area is 120 Å². The summed E-state index contributed by atoms with van der Waals surface area (Å²) in [6.45, 7) is 4.48. The number of aryl methyl sites for hydroxylation is 1. The molecule has 1 saturated carbocycles. The minimum absolute atomic E-state index is 0.0303. The minimum atomic E-state index is -0.287. The Bertz CT molecular complexity index is 470. The second-order valence-corrected chi connectivity index (χ2v) is 5.06. The van der Waals surface area contributed by atoms with Gasteiger partial charge < -0.3 is 14.2 Å². The molecule has 110 valence electrons. The lowest BCUT2D eigenvalue weighted by Gasteiger charge is -2.19. The van der Waals surface area contributed by atoms with E-state index in [4.69, 9.17) is 14.2 Å². The summed E-state index contributed by atoms with van der Waals surface area (Å²) in [5, 5.41) is 0. The number of hydrogen-bond acceptors (Lipinski definition) is 4. The lowest BCUT2D eigenvalue weighted by atomic mass is 10.1. The number of benzene rings is 1. The van der Waals surface area contributed by atoms with Gasteiger partial charge in [-0.25, -0.2) is 4.79 Å². The first kappa shape index (κ1) is 14.9. The molecule has 0 heterocycles. The average Bonchev–Trinajstić information content (AvgIpc) is 2.88. The predicted molar refractivity (Wildman–Crippen MR) is 76.2 cm³/mol. The van der Waals surface area contributed by atoms with Crippen molar-refractivity contribution in [1.29, 1.82) is 0 Å². The maximum Gasteiger partial charge on any atom is 0.338 e. The average molecular weight is 278 g/mol. The highest BCUT2D eigenvalue weighted by Crippen LogP contribution is 2.26. The van der Waals surface area contributed by atoms with E-state index in [0.717, 1.165) is 30.6 Å². The second kappa shape index (κ2) is 6.75. The molecule has 2 atom stereocenters. The molecule has 0 aromatic heterocycles. The molecule has 0 saturated heterocycles. The van der Waals surface area contributed by atoms with Crippen molar-refractivity contribution in [1.82, 2.24) is 0 Å². The van der Waals surface area contributed by atoms with E-state index in [2.05, 4.69) is 0 Å². The van der Waals surface area contributed by atoms with Crippen LogP contribution in [0, 0.1) is 6.92 Å². The summed E-state index contributed by atoms with van der Waals surface area (Å²) in [7, 11) is 1.66. The van der Waals surface area contributed by atoms with Gasteiger partial charge in [0.25, 0.3) is 0 Å². The predicted octanol–water partition coefficient (Wildman–Crippen LogP) is 3.12. The highest BCUT2D eigenvalue weighted by Gasteiger charge is 2.30. The Balaban J connectivity index is 2.04. The number of carbonyl (C=O) groups is 1. The van der Waals surface area contributed by atoms with Crippen molar-refractivity contribution >= 4 is 5.97 Å². The highest BCUT2D eigenvalue weighted by atomic mass is 16.6. The standard InChI is InChI=1S/C16H22O4/c1-4-19-13-9-8-12(10-11(13)2)16(17)20-15-7-5-6-14(15)18-3/h8-10,14-15H,4-7H2,1-3H3/t14-,15-/m0/s1. The maximum absolute atomic E-state index is 12.2. The maximum atomic E-state index is 12.2. The first-order chi connectivity index (χ1) is 9.65. The fourth-order valence-corrected chi connectivity index (χ4v) is 2.60. The molecule has 4 heteroatoms. The molecule has 1 aliphatic carbocycles. The van der Waals surface area contributed by atoms with Gasteiger partial charge in [-0.3, -0.25) is 0 Å². The molecule has 1 aromatic carbocycles. The van der Waals surface area contributed by atoms with Crippen molar-refractivity contribution in [3.8, 4) is 5.75 Å². The zero-order chi connectivity index (χ0) is 14.5. The Morgan fingerprint density at radius 3 is 2.70 bits per heavy atom. The van der Waals surface area contributed by atoms with E-state index in [9.17, 15) is 4.79 Å². The number of hydrogen-bond donors (Lipinski definition) is 0. The van der Waals surface area contributed by atoms with E-state index in [-0.39, 0.29) is 18.2 Å². The number of esters is 1. The van der Waals surface area contributed by atoms with Crippen LogP contribution in [0.25, 0.3) is 0 Å². The number of ether oxygens (including phenoxy) is 3. The van der Waals surface area contributed by atoms with Crippen LogP contribution in [0.2, 0.25) is 0 Å². The van der Waals surface area contributed by atoms with Crippen LogP contribution in [0.15, 0.2) is 18.2 Å². The fraction of sp³-hybridized carbons (Fsp3) is 0.562. The zero-order valence-electron chi connectivity index (χ0n) is 12.3. The van der Waals surface area contributed by atoms with Crippen molar-refractivity contribution in [3.05, 3.63) is 29.3 Å². The fourth-order valence-electron chi connectivity index (χ4n) is 2.60. The molecule has 0 N–H and O–H groups in total. The van der Waals surface area contributed by atoms with Gasteiger partial charge in [0.05, 0.1) is 18.3 Å². The van der Waals surface area contributed by atoms with Gasteiger partial charge in [0.1, 0.15) is 11.9 Å². The minimum Gasteiger partial charge on any atom is -0.494 e. The molecule has 0 spiro atoms. The third-order valence-corrected chi connectivity index (χ3v) is 3.66. The molecular weight excluding hydrogens is 256 g/mol. The first-order valence-electron chi connectivity index (χ1n) is 7.13. The molecule has 2 rings (SSSR count). The van der Waals surface area contributed by atoms with Crippen LogP contribution in [-0.2, 0) is 9.47 Å². The first-order valence-corrected chi connectivity index (χ1v) is 7.13. The van der Waals surface area contributed by atoms with E-state index in [1.54, 1.807) is 13.2 Å². The van der Waals surface area contributed by atoms with Crippen LogP contribution in [0.3, 0.4) is 0 Å². The molecule has 1 fully saturated rings. The van der Waals surface area contributed by atoms with E-state index < -0.39 is 0 Å². The van der Waals surface area contributed by atoms with Gasteiger partial charge in [-0.05, 0) is 56.9 Å². The Morgan fingerprint density at radius 1 is 1.30 bits per heavy atom.